The lowest BCUT2D eigenvalue weighted by atomic mass is 9.64. The molecule has 29 heavy (non-hydrogen) atoms. The first kappa shape index (κ1) is 22.6. The molecule has 1 aliphatic rings. The van der Waals surface area contributed by atoms with Crippen LogP contribution in [-0.4, -0.2) is 10.7 Å². The van der Waals surface area contributed by atoms with Crippen molar-refractivity contribution in [1.29, 1.82) is 0 Å². The molecule has 2 aromatic rings. The van der Waals surface area contributed by atoms with Crippen LogP contribution in [0.4, 0.5) is 0 Å². The van der Waals surface area contributed by atoms with Gasteiger partial charge >= 0.3 is 0 Å². The molecule has 0 radical (unpaired) electrons. The molecule has 0 aromatic heterocycles. The van der Waals surface area contributed by atoms with Gasteiger partial charge in [-0.3, -0.25) is 0 Å². The quantitative estimate of drug-likeness (QED) is 0.447. The van der Waals surface area contributed by atoms with Gasteiger partial charge in [0.2, 0.25) is 0 Å². The molecular formula is C25H33Cl2NO. The minimum Gasteiger partial charge on any atom is -0.389 e. The number of aliphatic hydroxyl groups is 1. The maximum absolute atomic E-state index is 12.0. The Bertz CT molecular complexity index is 717. The average molecular weight is 434 g/mol. The lowest BCUT2D eigenvalue weighted by Crippen LogP contribution is -2.57. The third kappa shape index (κ3) is 4.99. The number of rotatable bonds is 7. The molecule has 2 aromatic carbocycles. The lowest BCUT2D eigenvalue weighted by molar-refractivity contribution is -0.117. The van der Waals surface area contributed by atoms with E-state index in [1.807, 2.05) is 24.3 Å². The summed E-state index contributed by atoms with van der Waals surface area (Å²) in [5.74, 6) is 0.174. The number of halogens is 2. The van der Waals surface area contributed by atoms with Crippen molar-refractivity contribution in [3.05, 3.63) is 69.7 Å². The fourth-order valence-electron chi connectivity index (χ4n) is 4.87. The van der Waals surface area contributed by atoms with Crippen LogP contribution < -0.4 is 5.32 Å². The fourth-order valence-corrected chi connectivity index (χ4v) is 5.13. The summed E-state index contributed by atoms with van der Waals surface area (Å²) in [6.45, 7) is 6.58. The van der Waals surface area contributed by atoms with E-state index in [1.54, 1.807) is 0 Å². The van der Waals surface area contributed by atoms with Crippen molar-refractivity contribution in [3.63, 3.8) is 0 Å². The molecule has 4 heteroatoms. The highest BCUT2D eigenvalue weighted by atomic mass is 35.5. The Hall–Kier alpha value is -1.06. The normalized spacial score (nSPS) is 29.7. The van der Waals surface area contributed by atoms with E-state index in [9.17, 15) is 5.11 Å². The second kappa shape index (κ2) is 9.83. The van der Waals surface area contributed by atoms with Crippen molar-refractivity contribution in [3.8, 4) is 0 Å². The van der Waals surface area contributed by atoms with Crippen LogP contribution in [0.5, 0.6) is 0 Å². The molecule has 0 aliphatic carbocycles. The Morgan fingerprint density at radius 2 is 1.24 bits per heavy atom. The summed E-state index contributed by atoms with van der Waals surface area (Å²) >= 11 is 12.2. The van der Waals surface area contributed by atoms with Gasteiger partial charge in [0.25, 0.3) is 0 Å². The molecule has 3 rings (SSSR count). The first-order valence-electron chi connectivity index (χ1n) is 10.9. The molecule has 1 heterocycles. The van der Waals surface area contributed by atoms with Gasteiger partial charge in [0, 0.05) is 34.0 Å². The number of unbranched alkanes of at least 4 members (excludes halogenated alkanes) is 3. The average Bonchev–Trinajstić information content (AvgIpc) is 2.72. The summed E-state index contributed by atoms with van der Waals surface area (Å²) in [5, 5.41) is 17.3. The standard InChI is InChI=1S/C25H33Cl2NO/c1-4-5-6-7-16-25(29)17(2)23(19-8-12-21(26)13-9-19)28-24(18(25)3)20-10-14-22(27)15-11-20/h8-15,17-18,23-24,28-29H,4-7,16H2,1-3H3/t17-,18-,23-,24+,25?/m0/s1. The van der Waals surface area contributed by atoms with E-state index in [0.29, 0.717) is 0 Å². The minimum absolute atomic E-state index is 0.0559. The second-order valence-corrected chi connectivity index (χ2v) is 9.48. The van der Waals surface area contributed by atoms with E-state index in [0.717, 1.165) is 22.9 Å². The number of benzene rings is 2. The molecule has 0 saturated carbocycles. The largest absolute Gasteiger partial charge is 0.389 e. The molecule has 1 saturated heterocycles. The molecule has 0 bridgehead atoms. The van der Waals surface area contributed by atoms with Gasteiger partial charge in [-0.1, -0.05) is 93.9 Å². The van der Waals surface area contributed by atoms with Gasteiger partial charge in [-0.25, -0.2) is 0 Å². The van der Waals surface area contributed by atoms with E-state index in [2.05, 4.69) is 50.4 Å². The maximum Gasteiger partial charge on any atom is 0.0734 e. The van der Waals surface area contributed by atoms with Gasteiger partial charge < -0.3 is 10.4 Å². The van der Waals surface area contributed by atoms with E-state index in [1.165, 1.54) is 30.4 Å². The predicted octanol–water partition coefficient (Wildman–Crippen LogP) is 7.35. The maximum atomic E-state index is 12.0. The Labute approximate surface area is 185 Å². The second-order valence-electron chi connectivity index (χ2n) is 8.60. The topological polar surface area (TPSA) is 32.3 Å². The summed E-state index contributed by atoms with van der Waals surface area (Å²) in [7, 11) is 0. The highest BCUT2D eigenvalue weighted by Crippen LogP contribution is 2.49. The molecular weight excluding hydrogens is 401 g/mol. The predicted molar refractivity (Wildman–Crippen MR) is 124 cm³/mol. The number of nitrogens with one attached hydrogen (secondary N) is 1. The van der Waals surface area contributed by atoms with E-state index in [4.69, 9.17) is 23.2 Å². The van der Waals surface area contributed by atoms with Crippen LogP contribution in [0.2, 0.25) is 10.0 Å². The molecule has 1 unspecified atom stereocenters. The highest BCUT2D eigenvalue weighted by Gasteiger charge is 2.50. The van der Waals surface area contributed by atoms with Crippen molar-refractivity contribution in [1.82, 2.24) is 5.32 Å². The van der Waals surface area contributed by atoms with Crippen molar-refractivity contribution in [2.45, 2.75) is 70.6 Å². The number of hydrogen-bond donors (Lipinski definition) is 2. The van der Waals surface area contributed by atoms with Crippen LogP contribution >= 0.6 is 23.2 Å². The monoisotopic (exact) mass is 433 g/mol. The third-order valence-electron chi connectivity index (χ3n) is 6.83. The van der Waals surface area contributed by atoms with Gasteiger partial charge in [0.15, 0.2) is 0 Å². The van der Waals surface area contributed by atoms with Crippen LogP contribution in [-0.2, 0) is 0 Å². The van der Waals surface area contributed by atoms with Gasteiger partial charge in [0.1, 0.15) is 0 Å². The number of hydrogen-bond acceptors (Lipinski definition) is 2. The lowest BCUT2D eigenvalue weighted by Gasteiger charge is -2.52. The van der Waals surface area contributed by atoms with Crippen molar-refractivity contribution in [2.24, 2.45) is 11.8 Å². The zero-order valence-electron chi connectivity index (χ0n) is 17.7. The van der Waals surface area contributed by atoms with E-state index in [-0.39, 0.29) is 23.9 Å². The van der Waals surface area contributed by atoms with Crippen LogP contribution in [0.25, 0.3) is 0 Å². The number of piperidine rings is 1. The molecule has 1 aliphatic heterocycles. The van der Waals surface area contributed by atoms with Crippen molar-refractivity contribution < 1.29 is 5.11 Å². The molecule has 0 spiro atoms. The Kier molecular flexibility index (Phi) is 7.67. The summed E-state index contributed by atoms with van der Waals surface area (Å²) in [6.07, 6.45) is 5.47. The van der Waals surface area contributed by atoms with E-state index < -0.39 is 5.60 Å². The van der Waals surface area contributed by atoms with Gasteiger partial charge in [-0.2, -0.15) is 0 Å². The van der Waals surface area contributed by atoms with Gasteiger partial charge in [-0.05, 0) is 41.8 Å². The van der Waals surface area contributed by atoms with Gasteiger partial charge in [-0.15, -0.1) is 0 Å². The summed E-state index contributed by atoms with van der Waals surface area (Å²) in [6, 6.07) is 16.1. The zero-order chi connectivity index (χ0) is 21.0. The smallest absolute Gasteiger partial charge is 0.0734 e. The molecule has 2 N–H and O–H groups in total. The molecule has 2 nitrogen and oxygen atoms in total. The molecule has 1 fully saturated rings. The first-order chi connectivity index (χ1) is 13.9. The SMILES string of the molecule is CCCCCCC1(O)[C@@H](C)[C@@H](c2ccc(Cl)cc2)N[C@@H](c2ccc(Cl)cc2)[C@@H]1C. The molecule has 5 atom stereocenters. The summed E-state index contributed by atoms with van der Waals surface area (Å²) < 4.78 is 0. The van der Waals surface area contributed by atoms with Crippen LogP contribution in [0.3, 0.4) is 0 Å². The molecule has 0 amide bonds. The Morgan fingerprint density at radius 1 is 0.793 bits per heavy atom. The zero-order valence-corrected chi connectivity index (χ0v) is 19.2. The molecule has 158 valence electrons. The Balaban J connectivity index is 1.94. The van der Waals surface area contributed by atoms with Crippen LogP contribution in [0.15, 0.2) is 48.5 Å². The Morgan fingerprint density at radius 3 is 1.66 bits per heavy atom. The fraction of sp³-hybridized carbons (Fsp3) is 0.520. The van der Waals surface area contributed by atoms with Crippen molar-refractivity contribution >= 4 is 23.2 Å². The van der Waals surface area contributed by atoms with Gasteiger partial charge in [0.05, 0.1) is 5.60 Å². The highest BCUT2D eigenvalue weighted by molar-refractivity contribution is 6.30. The third-order valence-corrected chi connectivity index (χ3v) is 7.33. The van der Waals surface area contributed by atoms with Crippen molar-refractivity contribution in [2.75, 3.05) is 0 Å². The van der Waals surface area contributed by atoms with Crippen LogP contribution in [0, 0.1) is 11.8 Å². The summed E-state index contributed by atoms with van der Waals surface area (Å²) in [5.41, 5.74) is 1.59. The first-order valence-corrected chi connectivity index (χ1v) is 11.6. The minimum atomic E-state index is -0.742. The summed E-state index contributed by atoms with van der Waals surface area (Å²) in [4.78, 5) is 0. The van der Waals surface area contributed by atoms with Crippen LogP contribution in [0.1, 0.15) is 76.1 Å². The van der Waals surface area contributed by atoms with E-state index >= 15 is 0 Å².